The summed E-state index contributed by atoms with van der Waals surface area (Å²) >= 11 is 0. The molecule has 2 atom stereocenters. The minimum Gasteiger partial charge on any atom is -0.339 e. The van der Waals surface area contributed by atoms with Crippen molar-refractivity contribution in [3.63, 3.8) is 0 Å². The average molecular weight is 327 g/mol. The highest BCUT2D eigenvalue weighted by Gasteiger charge is 2.23. The minimum atomic E-state index is -3.05. The predicted octanol–water partition coefficient (Wildman–Crippen LogP) is 1.08. The Balaban J connectivity index is 0.00000361. The number of amides is 1. The topological polar surface area (TPSA) is 66.5 Å². The molecule has 7 heteroatoms. The molecule has 0 bridgehead atoms. The summed E-state index contributed by atoms with van der Waals surface area (Å²) in [6.07, 6.45) is 3.77. The van der Waals surface area contributed by atoms with Crippen LogP contribution < -0.4 is 5.32 Å². The van der Waals surface area contributed by atoms with E-state index in [0.29, 0.717) is 18.9 Å². The Morgan fingerprint density at radius 1 is 1.45 bits per heavy atom. The van der Waals surface area contributed by atoms with Crippen molar-refractivity contribution >= 4 is 28.2 Å². The second-order valence-electron chi connectivity index (χ2n) is 5.52. The van der Waals surface area contributed by atoms with Gasteiger partial charge in [0.1, 0.15) is 9.84 Å². The molecule has 120 valence electrons. The van der Waals surface area contributed by atoms with Crippen LogP contribution in [-0.2, 0) is 14.6 Å². The van der Waals surface area contributed by atoms with E-state index in [-0.39, 0.29) is 30.1 Å². The van der Waals surface area contributed by atoms with Crippen LogP contribution in [0.2, 0.25) is 0 Å². The molecule has 1 amide bonds. The van der Waals surface area contributed by atoms with E-state index in [1.807, 2.05) is 6.92 Å². The van der Waals surface area contributed by atoms with Crippen molar-refractivity contribution in [2.45, 2.75) is 39.2 Å². The SMILES string of the molecule is CCN(C(=O)CCC1CCNC1)C(C)CS(C)(=O)=O.Cl. The van der Waals surface area contributed by atoms with E-state index in [9.17, 15) is 13.2 Å². The van der Waals surface area contributed by atoms with Gasteiger partial charge in [-0.05, 0) is 45.7 Å². The van der Waals surface area contributed by atoms with E-state index in [1.54, 1.807) is 11.8 Å². The van der Waals surface area contributed by atoms with E-state index >= 15 is 0 Å². The van der Waals surface area contributed by atoms with E-state index in [2.05, 4.69) is 5.32 Å². The van der Waals surface area contributed by atoms with E-state index in [1.165, 1.54) is 6.26 Å². The van der Waals surface area contributed by atoms with Gasteiger partial charge < -0.3 is 10.2 Å². The molecule has 0 aliphatic carbocycles. The van der Waals surface area contributed by atoms with Crippen molar-refractivity contribution < 1.29 is 13.2 Å². The molecule has 0 saturated carbocycles. The van der Waals surface area contributed by atoms with Crippen molar-refractivity contribution in [1.82, 2.24) is 10.2 Å². The van der Waals surface area contributed by atoms with E-state index in [4.69, 9.17) is 0 Å². The van der Waals surface area contributed by atoms with Gasteiger partial charge in [-0.3, -0.25) is 4.79 Å². The third-order valence-corrected chi connectivity index (χ3v) is 4.75. The van der Waals surface area contributed by atoms with Gasteiger partial charge >= 0.3 is 0 Å². The van der Waals surface area contributed by atoms with Crippen LogP contribution in [0.3, 0.4) is 0 Å². The fourth-order valence-corrected chi connectivity index (χ4v) is 3.75. The molecule has 0 aromatic rings. The van der Waals surface area contributed by atoms with Crippen LogP contribution in [0.25, 0.3) is 0 Å². The van der Waals surface area contributed by atoms with E-state index in [0.717, 1.165) is 25.9 Å². The second-order valence-corrected chi connectivity index (χ2v) is 7.70. The fourth-order valence-electron chi connectivity index (χ4n) is 2.69. The highest BCUT2D eigenvalue weighted by Crippen LogP contribution is 2.16. The first-order chi connectivity index (χ1) is 8.83. The monoisotopic (exact) mass is 326 g/mol. The molecule has 1 fully saturated rings. The molecule has 1 N–H and O–H groups in total. The van der Waals surface area contributed by atoms with Crippen molar-refractivity contribution in [2.24, 2.45) is 5.92 Å². The van der Waals surface area contributed by atoms with Gasteiger partial charge in [0.15, 0.2) is 0 Å². The Labute approximate surface area is 128 Å². The standard InChI is InChI=1S/C13H26N2O3S.ClH/c1-4-15(11(2)10-19(3,17)18)13(16)6-5-12-7-8-14-9-12;/h11-12,14H,4-10H2,1-3H3;1H. The predicted molar refractivity (Wildman–Crippen MR) is 84.0 cm³/mol. The molecule has 1 aliphatic heterocycles. The normalized spacial score (nSPS) is 20.2. The van der Waals surface area contributed by atoms with Gasteiger partial charge in [-0.2, -0.15) is 0 Å². The Morgan fingerprint density at radius 2 is 2.10 bits per heavy atom. The molecule has 1 aliphatic rings. The molecule has 20 heavy (non-hydrogen) atoms. The zero-order chi connectivity index (χ0) is 14.5. The lowest BCUT2D eigenvalue weighted by molar-refractivity contribution is -0.132. The lowest BCUT2D eigenvalue weighted by atomic mass is 10.0. The maximum atomic E-state index is 12.2. The average Bonchev–Trinajstić information content (AvgIpc) is 2.77. The number of hydrogen-bond acceptors (Lipinski definition) is 4. The quantitative estimate of drug-likeness (QED) is 0.760. The van der Waals surface area contributed by atoms with Crippen LogP contribution in [0.15, 0.2) is 0 Å². The van der Waals surface area contributed by atoms with Crippen molar-refractivity contribution in [3.8, 4) is 0 Å². The lowest BCUT2D eigenvalue weighted by Crippen LogP contribution is -2.42. The smallest absolute Gasteiger partial charge is 0.222 e. The molecular weight excluding hydrogens is 300 g/mol. The highest BCUT2D eigenvalue weighted by molar-refractivity contribution is 7.90. The molecule has 0 aromatic heterocycles. The zero-order valence-electron chi connectivity index (χ0n) is 12.6. The van der Waals surface area contributed by atoms with Crippen molar-refractivity contribution in [1.29, 1.82) is 0 Å². The summed E-state index contributed by atoms with van der Waals surface area (Å²) in [6.45, 7) is 6.31. The first-order valence-corrected chi connectivity index (χ1v) is 9.07. The van der Waals surface area contributed by atoms with Gasteiger partial charge in [0.2, 0.25) is 5.91 Å². The molecule has 5 nitrogen and oxygen atoms in total. The van der Waals surface area contributed by atoms with Gasteiger partial charge in [0.05, 0.1) is 5.75 Å². The van der Waals surface area contributed by atoms with Crippen LogP contribution >= 0.6 is 12.4 Å². The fraction of sp³-hybridized carbons (Fsp3) is 0.923. The molecule has 1 rings (SSSR count). The second kappa shape index (κ2) is 8.85. The first kappa shape index (κ1) is 19.7. The summed E-state index contributed by atoms with van der Waals surface area (Å²) in [5, 5.41) is 3.29. The summed E-state index contributed by atoms with van der Waals surface area (Å²) in [5.74, 6) is 0.704. The number of carbonyl (C=O) groups excluding carboxylic acids is 1. The van der Waals surface area contributed by atoms with Gasteiger partial charge in [0, 0.05) is 25.3 Å². The molecule has 0 aromatic carbocycles. The number of sulfone groups is 1. The van der Waals surface area contributed by atoms with E-state index < -0.39 is 9.84 Å². The highest BCUT2D eigenvalue weighted by atomic mass is 35.5. The van der Waals surface area contributed by atoms with Crippen molar-refractivity contribution in [2.75, 3.05) is 31.6 Å². The number of rotatable bonds is 7. The summed E-state index contributed by atoms with van der Waals surface area (Å²) in [6, 6.07) is -0.241. The van der Waals surface area contributed by atoms with Crippen LogP contribution in [0.5, 0.6) is 0 Å². The van der Waals surface area contributed by atoms with Gasteiger partial charge in [-0.25, -0.2) is 8.42 Å². The summed E-state index contributed by atoms with van der Waals surface area (Å²) in [7, 11) is -3.05. The van der Waals surface area contributed by atoms with Gasteiger partial charge in [-0.1, -0.05) is 0 Å². The molecule has 0 spiro atoms. The Kier molecular flexibility index (Phi) is 8.70. The van der Waals surface area contributed by atoms with Crippen LogP contribution in [-0.4, -0.2) is 56.9 Å². The molecule has 2 unspecified atom stereocenters. The molecule has 1 saturated heterocycles. The summed E-state index contributed by atoms with van der Waals surface area (Å²) in [4.78, 5) is 13.9. The minimum absolute atomic E-state index is 0. The Morgan fingerprint density at radius 3 is 2.55 bits per heavy atom. The Hall–Kier alpha value is -0.330. The first-order valence-electron chi connectivity index (χ1n) is 7.01. The summed E-state index contributed by atoms with van der Waals surface area (Å²) in [5.41, 5.74) is 0. The van der Waals surface area contributed by atoms with Gasteiger partial charge in [-0.15, -0.1) is 12.4 Å². The molecule has 0 radical (unpaired) electrons. The Bertz CT molecular complexity index is 394. The van der Waals surface area contributed by atoms with Crippen molar-refractivity contribution in [3.05, 3.63) is 0 Å². The maximum absolute atomic E-state index is 12.2. The third kappa shape index (κ3) is 6.90. The number of nitrogens with one attached hydrogen (secondary N) is 1. The zero-order valence-corrected chi connectivity index (χ0v) is 14.2. The maximum Gasteiger partial charge on any atom is 0.222 e. The van der Waals surface area contributed by atoms with Crippen LogP contribution in [0.1, 0.15) is 33.1 Å². The summed E-state index contributed by atoms with van der Waals surface area (Å²) < 4.78 is 22.6. The number of nitrogens with zero attached hydrogens (tertiary/aromatic N) is 1. The number of carbonyl (C=O) groups is 1. The number of halogens is 1. The van der Waals surface area contributed by atoms with Gasteiger partial charge in [0.25, 0.3) is 0 Å². The van der Waals surface area contributed by atoms with Crippen LogP contribution in [0, 0.1) is 5.92 Å². The number of hydrogen-bond donors (Lipinski definition) is 1. The molecule has 1 heterocycles. The third-order valence-electron chi connectivity index (χ3n) is 3.67. The largest absolute Gasteiger partial charge is 0.339 e. The van der Waals surface area contributed by atoms with Crippen LogP contribution in [0.4, 0.5) is 0 Å². The lowest BCUT2D eigenvalue weighted by Gasteiger charge is -2.28. The molecular formula is C13H27ClN2O3S.